The Bertz CT molecular complexity index is 484. The molecule has 2 heterocycles. The Hall–Kier alpha value is -2.11. The summed E-state index contributed by atoms with van der Waals surface area (Å²) in [6.07, 6.45) is 4.19. The predicted molar refractivity (Wildman–Crippen MR) is 71.1 cm³/mol. The van der Waals surface area contributed by atoms with Crippen LogP contribution in [0.15, 0.2) is 23.5 Å². The highest BCUT2D eigenvalue weighted by Gasteiger charge is 2.30. The van der Waals surface area contributed by atoms with Crippen LogP contribution in [0.3, 0.4) is 0 Å². The standard InChI is InChI=1S/C13H18N4O2/c1-9-5-6-10(8-15-9)13(18)17-7-3-2-4-11(17)12(14)16-19/h5-6,8,11,19H,2-4,7H2,1H3,(H2,14,16). The van der Waals surface area contributed by atoms with Gasteiger partial charge in [-0.3, -0.25) is 9.78 Å². The van der Waals surface area contributed by atoms with Gasteiger partial charge in [0.15, 0.2) is 5.84 Å². The molecule has 0 aliphatic carbocycles. The van der Waals surface area contributed by atoms with E-state index in [1.807, 2.05) is 6.92 Å². The molecule has 6 heteroatoms. The number of carbonyl (C=O) groups excluding carboxylic acids is 1. The molecule has 1 aliphatic heterocycles. The molecule has 19 heavy (non-hydrogen) atoms. The molecule has 3 N–H and O–H groups in total. The van der Waals surface area contributed by atoms with Crippen LogP contribution in [-0.4, -0.2) is 39.4 Å². The first-order valence-corrected chi connectivity index (χ1v) is 6.34. The van der Waals surface area contributed by atoms with Crippen LogP contribution in [0.25, 0.3) is 0 Å². The fourth-order valence-electron chi connectivity index (χ4n) is 2.31. The normalized spacial score (nSPS) is 20.4. The maximum absolute atomic E-state index is 12.4. The molecule has 0 saturated carbocycles. The fourth-order valence-corrected chi connectivity index (χ4v) is 2.31. The van der Waals surface area contributed by atoms with Crippen LogP contribution in [0.5, 0.6) is 0 Å². The summed E-state index contributed by atoms with van der Waals surface area (Å²) in [6, 6.07) is 3.23. The van der Waals surface area contributed by atoms with Crippen molar-refractivity contribution in [3.8, 4) is 0 Å². The van der Waals surface area contributed by atoms with Crippen LogP contribution in [0, 0.1) is 6.92 Å². The van der Waals surface area contributed by atoms with Gasteiger partial charge in [0.1, 0.15) is 0 Å². The molecule has 2 rings (SSSR count). The van der Waals surface area contributed by atoms with E-state index < -0.39 is 0 Å². The molecule has 102 valence electrons. The number of nitrogens with zero attached hydrogens (tertiary/aromatic N) is 3. The number of pyridine rings is 1. The Kier molecular flexibility index (Phi) is 3.99. The van der Waals surface area contributed by atoms with Crippen molar-refractivity contribution in [2.24, 2.45) is 10.9 Å². The number of rotatable bonds is 2. The Balaban J connectivity index is 2.22. The van der Waals surface area contributed by atoms with Crippen LogP contribution >= 0.6 is 0 Å². The van der Waals surface area contributed by atoms with Gasteiger partial charge < -0.3 is 15.8 Å². The molecular weight excluding hydrogens is 244 g/mol. The van der Waals surface area contributed by atoms with E-state index in [0.29, 0.717) is 12.1 Å². The monoisotopic (exact) mass is 262 g/mol. The third kappa shape index (κ3) is 2.83. The quantitative estimate of drug-likeness (QED) is 0.362. The van der Waals surface area contributed by atoms with Crippen molar-refractivity contribution in [1.29, 1.82) is 0 Å². The number of nitrogens with two attached hydrogens (primary N) is 1. The van der Waals surface area contributed by atoms with Gasteiger partial charge in [-0.25, -0.2) is 0 Å². The lowest BCUT2D eigenvalue weighted by Crippen LogP contribution is -2.50. The summed E-state index contributed by atoms with van der Waals surface area (Å²) in [5.74, 6) is -0.0306. The molecule has 1 saturated heterocycles. The molecule has 1 fully saturated rings. The smallest absolute Gasteiger partial charge is 0.256 e. The van der Waals surface area contributed by atoms with E-state index in [1.54, 1.807) is 23.2 Å². The zero-order chi connectivity index (χ0) is 13.8. The fraction of sp³-hybridized carbons (Fsp3) is 0.462. The van der Waals surface area contributed by atoms with Gasteiger partial charge in [0, 0.05) is 18.4 Å². The van der Waals surface area contributed by atoms with Gasteiger partial charge in [0.2, 0.25) is 0 Å². The van der Waals surface area contributed by atoms with Gasteiger partial charge in [-0.05, 0) is 38.3 Å². The van der Waals surface area contributed by atoms with Gasteiger partial charge in [0.25, 0.3) is 5.91 Å². The first-order chi connectivity index (χ1) is 9.13. The Morgan fingerprint density at radius 2 is 2.32 bits per heavy atom. The second kappa shape index (κ2) is 5.69. The minimum Gasteiger partial charge on any atom is -0.409 e. The predicted octanol–water partition coefficient (Wildman–Crippen LogP) is 1.13. The first-order valence-electron chi connectivity index (χ1n) is 6.34. The minimum atomic E-state index is -0.326. The average Bonchev–Trinajstić information content (AvgIpc) is 2.46. The lowest BCUT2D eigenvalue weighted by atomic mass is 10.00. The molecule has 1 amide bonds. The molecule has 1 aromatic heterocycles. The van der Waals surface area contributed by atoms with Crippen LogP contribution in [0.4, 0.5) is 0 Å². The molecule has 1 aromatic rings. The molecule has 0 bridgehead atoms. The summed E-state index contributed by atoms with van der Waals surface area (Å²) in [7, 11) is 0. The number of aryl methyl sites for hydroxylation is 1. The average molecular weight is 262 g/mol. The van der Waals surface area contributed by atoms with Crippen molar-refractivity contribution in [3.05, 3.63) is 29.6 Å². The molecule has 6 nitrogen and oxygen atoms in total. The number of piperidine rings is 1. The lowest BCUT2D eigenvalue weighted by Gasteiger charge is -2.34. The second-order valence-corrected chi connectivity index (χ2v) is 4.72. The molecule has 0 radical (unpaired) electrons. The third-order valence-electron chi connectivity index (χ3n) is 3.38. The van der Waals surface area contributed by atoms with Crippen molar-refractivity contribution in [3.63, 3.8) is 0 Å². The SMILES string of the molecule is Cc1ccc(C(=O)N2CCCCC2C(N)=NO)cn1. The van der Waals surface area contributed by atoms with Crippen LogP contribution in [0.2, 0.25) is 0 Å². The minimum absolute atomic E-state index is 0.0909. The number of hydrogen-bond donors (Lipinski definition) is 2. The van der Waals surface area contributed by atoms with Gasteiger partial charge >= 0.3 is 0 Å². The highest BCUT2D eigenvalue weighted by Crippen LogP contribution is 2.19. The van der Waals surface area contributed by atoms with Crippen molar-refractivity contribution < 1.29 is 10.0 Å². The van der Waals surface area contributed by atoms with E-state index in [2.05, 4.69) is 10.1 Å². The number of likely N-dealkylation sites (tertiary alicyclic amines) is 1. The number of carbonyl (C=O) groups is 1. The third-order valence-corrected chi connectivity index (χ3v) is 3.38. The summed E-state index contributed by atoms with van der Waals surface area (Å²) in [6.45, 7) is 2.49. The van der Waals surface area contributed by atoms with E-state index in [0.717, 1.165) is 25.0 Å². The van der Waals surface area contributed by atoms with Crippen molar-refractivity contribution in [2.45, 2.75) is 32.2 Å². The highest BCUT2D eigenvalue weighted by molar-refractivity contribution is 5.98. The summed E-state index contributed by atoms with van der Waals surface area (Å²) < 4.78 is 0. The Morgan fingerprint density at radius 1 is 1.53 bits per heavy atom. The van der Waals surface area contributed by atoms with E-state index in [1.165, 1.54) is 0 Å². The van der Waals surface area contributed by atoms with Crippen LogP contribution in [0.1, 0.15) is 35.3 Å². The van der Waals surface area contributed by atoms with Crippen LogP contribution in [-0.2, 0) is 0 Å². The van der Waals surface area contributed by atoms with Gasteiger partial charge in [-0.1, -0.05) is 5.16 Å². The second-order valence-electron chi connectivity index (χ2n) is 4.72. The number of hydrogen-bond acceptors (Lipinski definition) is 4. The van der Waals surface area contributed by atoms with Crippen molar-refractivity contribution >= 4 is 11.7 Å². The summed E-state index contributed by atoms with van der Waals surface area (Å²) in [5, 5.41) is 11.8. The largest absolute Gasteiger partial charge is 0.409 e. The van der Waals surface area contributed by atoms with Gasteiger partial charge in [-0.15, -0.1) is 0 Å². The number of amides is 1. The first kappa shape index (κ1) is 13.3. The lowest BCUT2D eigenvalue weighted by molar-refractivity contribution is 0.0676. The molecule has 1 unspecified atom stereocenters. The molecule has 1 aliphatic rings. The molecule has 1 atom stereocenters. The molecule has 0 spiro atoms. The molecular formula is C13H18N4O2. The highest BCUT2D eigenvalue weighted by atomic mass is 16.4. The number of aromatic nitrogens is 1. The number of amidine groups is 1. The van der Waals surface area contributed by atoms with E-state index in [4.69, 9.17) is 10.9 Å². The Labute approximate surface area is 111 Å². The zero-order valence-corrected chi connectivity index (χ0v) is 10.9. The summed E-state index contributed by atoms with van der Waals surface area (Å²) in [4.78, 5) is 18.2. The Morgan fingerprint density at radius 3 is 2.95 bits per heavy atom. The van der Waals surface area contributed by atoms with E-state index >= 15 is 0 Å². The number of oxime groups is 1. The van der Waals surface area contributed by atoms with Crippen LogP contribution < -0.4 is 5.73 Å². The summed E-state index contributed by atoms with van der Waals surface area (Å²) in [5.41, 5.74) is 7.06. The maximum Gasteiger partial charge on any atom is 0.256 e. The van der Waals surface area contributed by atoms with E-state index in [9.17, 15) is 4.79 Å². The zero-order valence-electron chi connectivity index (χ0n) is 10.9. The topological polar surface area (TPSA) is 91.8 Å². The summed E-state index contributed by atoms with van der Waals surface area (Å²) >= 11 is 0. The molecule has 0 aromatic carbocycles. The van der Waals surface area contributed by atoms with Gasteiger partial charge in [-0.2, -0.15) is 0 Å². The van der Waals surface area contributed by atoms with Gasteiger partial charge in [0.05, 0.1) is 11.6 Å². The maximum atomic E-state index is 12.4. The van der Waals surface area contributed by atoms with E-state index in [-0.39, 0.29) is 17.8 Å². The van der Waals surface area contributed by atoms with Crippen molar-refractivity contribution in [1.82, 2.24) is 9.88 Å². The van der Waals surface area contributed by atoms with Crippen molar-refractivity contribution in [2.75, 3.05) is 6.54 Å².